The van der Waals surface area contributed by atoms with E-state index < -0.39 is 0 Å². The monoisotopic (exact) mass is 329 g/mol. The number of fused-ring (bicyclic) bond motifs is 1. The summed E-state index contributed by atoms with van der Waals surface area (Å²) in [7, 11) is 1.59. The van der Waals surface area contributed by atoms with Gasteiger partial charge in [-0.25, -0.2) is 4.98 Å². The smallest absolute Gasteiger partial charge is 0.265 e. The lowest BCUT2D eigenvalue weighted by molar-refractivity contribution is 0.0938. The Morgan fingerprint density at radius 1 is 1.46 bits per heavy atom. The van der Waals surface area contributed by atoms with Gasteiger partial charge in [0.05, 0.1) is 11.8 Å². The van der Waals surface area contributed by atoms with Crippen LogP contribution in [-0.2, 0) is 13.5 Å². The molecule has 0 spiro atoms. The third-order valence-electron chi connectivity index (χ3n) is 3.96. The highest BCUT2D eigenvalue weighted by atomic mass is 16.3. The Morgan fingerprint density at radius 2 is 2.25 bits per heavy atom. The molecule has 0 saturated carbocycles. The van der Waals surface area contributed by atoms with E-state index in [4.69, 9.17) is 8.83 Å². The maximum atomic E-state index is 12.6. The van der Waals surface area contributed by atoms with Gasteiger partial charge in [-0.15, -0.1) is 0 Å². The summed E-state index contributed by atoms with van der Waals surface area (Å²) in [6.07, 6.45) is 4.46. The van der Waals surface area contributed by atoms with Crippen molar-refractivity contribution in [2.24, 2.45) is 7.05 Å². The maximum absolute atomic E-state index is 12.6. The van der Waals surface area contributed by atoms with Crippen molar-refractivity contribution < 1.29 is 13.6 Å². The van der Waals surface area contributed by atoms with Gasteiger partial charge in [0.15, 0.2) is 0 Å². The van der Waals surface area contributed by atoms with Gasteiger partial charge in [-0.2, -0.15) is 0 Å². The molecule has 3 rings (SSSR count). The van der Waals surface area contributed by atoms with Gasteiger partial charge >= 0.3 is 0 Å². The summed E-state index contributed by atoms with van der Waals surface area (Å²) in [6.45, 7) is 3.57. The van der Waals surface area contributed by atoms with Crippen LogP contribution >= 0.6 is 0 Å². The fourth-order valence-electron chi connectivity index (χ4n) is 2.64. The zero-order chi connectivity index (χ0) is 17.3. The van der Waals surface area contributed by atoms with Crippen LogP contribution < -0.4 is 10.9 Å². The van der Waals surface area contributed by atoms with E-state index in [1.807, 2.05) is 19.1 Å². The number of aryl methyl sites for hydroxylation is 3. The molecule has 0 radical (unpaired) electrons. The van der Waals surface area contributed by atoms with Crippen molar-refractivity contribution in [1.82, 2.24) is 14.9 Å². The van der Waals surface area contributed by atoms with Crippen molar-refractivity contribution in [1.29, 1.82) is 0 Å². The van der Waals surface area contributed by atoms with Crippen LogP contribution in [0.15, 0.2) is 38.4 Å². The number of furan rings is 2. The van der Waals surface area contributed by atoms with Crippen LogP contribution in [0.5, 0.6) is 0 Å². The lowest BCUT2D eigenvalue weighted by Gasteiger charge is -2.13. The Labute approximate surface area is 138 Å². The first-order valence-electron chi connectivity index (χ1n) is 7.75. The van der Waals surface area contributed by atoms with Crippen LogP contribution in [0.3, 0.4) is 0 Å². The van der Waals surface area contributed by atoms with Gasteiger partial charge in [0.2, 0.25) is 5.71 Å². The molecule has 1 amide bonds. The Balaban J connectivity index is 1.80. The molecule has 0 aromatic carbocycles. The van der Waals surface area contributed by atoms with Gasteiger partial charge in [0, 0.05) is 19.5 Å². The average Bonchev–Trinajstić information content (AvgIpc) is 3.16. The molecule has 0 unspecified atom stereocenters. The number of carbonyl (C=O) groups excluding carboxylic acids is 1. The van der Waals surface area contributed by atoms with Crippen LogP contribution in [0.4, 0.5) is 0 Å². The van der Waals surface area contributed by atoms with E-state index in [1.165, 1.54) is 10.9 Å². The number of rotatable bonds is 5. The summed E-state index contributed by atoms with van der Waals surface area (Å²) < 4.78 is 12.1. The van der Waals surface area contributed by atoms with Gasteiger partial charge < -0.3 is 18.7 Å². The van der Waals surface area contributed by atoms with Crippen LogP contribution in [0.25, 0.3) is 11.1 Å². The Kier molecular flexibility index (Phi) is 4.24. The quantitative estimate of drug-likeness (QED) is 0.775. The van der Waals surface area contributed by atoms with Crippen molar-refractivity contribution in [2.75, 3.05) is 0 Å². The zero-order valence-electron chi connectivity index (χ0n) is 13.8. The molecule has 0 aliphatic rings. The fourth-order valence-corrected chi connectivity index (χ4v) is 2.64. The molecule has 0 saturated heterocycles. The number of carbonyl (C=O) groups is 1. The molecule has 7 nitrogen and oxygen atoms in total. The highest BCUT2D eigenvalue weighted by Crippen LogP contribution is 2.21. The molecular formula is C17H19N3O4. The first-order valence-corrected chi connectivity index (χ1v) is 7.75. The van der Waals surface area contributed by atoms with Crippen LogP contribution in [-0.4, -0.2) is 21.5 Å². The molecule has 1 N–H and O–H groups in total. The molecule has 1 atom stereocenters. The van der Waals surface area contributed by atoms with E-state index in [0.717, 1.165) is 18.6 Å². The van der Waals surface area contributed by atoms with Crippen molar-refractivity contribution in [2.45, 2.75) is 32.7 Å². The predicted octanol–water partition coefficient (Wildman–Crippen LogP) is 2.18. The van der Waals surface area contributed by atoms with E-state index in [2.05, 4.69) is 10.3 Å². The molecule has 126 valence electrons. The van der Waals surface area contributed by atoms with Gasteiger partial charge in [0.25, 0.3) is 11.5 Å². The van der Waals surface area contributed by atoms with Crippen LogP contribution in [0.2, 0.25) is 0 Å². The first kappa shape index (κ1) is 16.0. The van der Waals surface area contributed by atoms with Gasteiger partial charge in [0.1, 0.15) is 23.2 Å². The van der Waals surface area contributed by atoms with Crippen LogP contribution in [0.1, 0.15) is 35.2 Å². The SMILES string of the molecule is Cc1oc2ncn(C)c(=O)c2c1C(=O)N[C@@H](C)CCc1ccco1. The summed E-state index contributed by atoms with van der Waals surface area (Å²) in [5.74, 6) is 0.930. The summed E-state index contributed by atoms with van der Waals surface area (Å²) in [5, 5.41) is 3.12. The number of amides is 1. The molecule has 0 fully saturated rings. The number of hydrogen-bond donors (Lipinski definition) is 1. The number of nitrogens with zero attached hydrogens (tertiary/aromatic N) is 2. The predicted molar refractivity (Wildman–Crippen MR) is 87.9 cm³/mol. The highest BCUT2D eigenvalue weighted by Gasteiger charge is 2.23. The maximum Gasteiger partial charge on any atom is 0.265 e. The third kappa shape index (κ3) is 2.97. The van der Waals surface area contributed by atoms with Crippen LogP contribution in [0, 0.1) is 6.92 Å². The van der Waals surface area contributed by atoms with Gasteiger partial charge in [-0.3, -0.25) is 9.59 Å². The van der Waals surface area contributed by atoms with E-state index in [-0.39, 0.29) is 34.2 Å². The molecule has 0 aliphatic carbocycles. The molecule has 7 heteroatoms. The molecule has 3 aromatic rings. The molecule has 3 heterocycles. The van der Waals surface area contributed by atoms with Crippen molar-refractivity contribution in [3.8, 4) is 0 Å². The molecule has 24 heavy (non-hydrogen) atoms. The second-order valence-electron chi connectivity index (χ2n) is 5.87. The Hall–Kier alpha value is -2.83. The standard InChI is InChI=1S/C17H19N3O4/c1-10(6-7-12-5-4-8-23-12)19-15(21)13-11(2)24-16-14(13)17(22)20(3)9-18-16/h4-5,8-10H,6-7H2,1-3H3,(H,19,21)/t10-/m0/s1. The number of hydrogen-bond acceptors (Lipinski definition) is 5. The lowest BCUT2D eigenvalue weighted by Crippen LogP contribution is -2.34. The van der Waals surface area contributed by atoms with Crippen molar-refractivity contribution >= 4 is 17.0 Å². The van der Waals surface area contributed by atoms with Gasteiger partial charge in [-0.05, 0) is 32.4 Å². The Bertz CT molecular complexity index is 921. The van der Waals surface area contributed by atoms with E-state index in [9.17, 15) is 9.59 Å². The molecular weight excluding hydrogens is 310 g/mol. The van der Waals surface area contributed by atoms with E-state index >= 15 is 0 Å². The lowest BCUT2D eigenvalue weighted by atomic mass is 10.1. The first-order chi connectivity index (χ1) is 11.5. The normalized spacial score (nSPS) is 12.5. The van der Waals surface area contributed by atoms with E-state index in [1.54, 1.807) is 20.2 Å². The summed E-state index contributed by atoms with van der Waals surface area (Å²) in [6, 6.07) is 3.66. The summed E-state index contributed by atoms with van der Waals surface area (Å²) in [5.41, 5.74) is 0.137. The average molecular weight is 329 g/mol. The second-order valence-corrected chi connectivity index (χ2v) is 5.87. The minimum Gasteiger partial charge on any atom is -0.469 e. The number of nitrogens with one attached hydrogen (secondary N) is 1. The zero-order valence-corrected chi connectivity index (χ0v) is 13.8. The van der Waals surface area contributed by atoms with Gasteiger partial charge in [-0.1, -0.05) is 0 Å². The third-order valence-corrected chi connectivity index (χ3v) is 3.96. The topological polar surface area (TPSA) is 90.3 Å². The summed E-state index contributed by atoms with van der Waals surface area (Å²) >= 11 is 0. The second kappa shape index (κ2) is 6.35. The van der Waals surface area contributed by atoms with E-state index in [0.29, 0.717) is 5.76 Å². The summed E-state index contributed by atoms with van der Waals surface area (Å²) in [4.78, 5) is 29.0. The van der Waals surface area contributed by atoms with Crippen molar-refractivity contribution in [3.05, 3.63) is 52.2 Å². The minimum atomic E-state index is -0.330. The molecule has 0 bridgehead atoms. The Morgan fingerprint density at radius 3 is 2.96 bits per heavy atom. The minimum absolute atomic E-state index is 0.0764. The number of aromatic nitrogens is 2. The molecule has 3 aromatic heterocycles. The fraction of sp³-hybridized carbons (Fsp3) is 0.353. The largest absolute Gasteiger partial charge is 0.469 e. The highest BCUT2D eigenvalue weighted by molar-refractivity contribution is 6.06. The molecule has 0 aliphatic heterocycles. The van der Waals surface area contributed by atoms with Crippen molar-refractivity contribution in [3.63, 3.8) is 0 Å².